The second-order valence-electron chi connectivity index (χ2n) is 7.80. The highest BCUT2D eigenvalue weighted by Gasteiger charge is 2.18. The molecular formula is C26H25Cl2N3O3. The minimum Gasteiger partial charge on any atom is -0.494 e. The van der Waals surface area contributed by atoms with Crippen molar-refractivity contribution < 1.29 is 14.3 Å². The summed E-state index contributed by atoms with van der Waals surface area (Å²) in [6.45, 7) is 3.07. The maximum atomic E-state index is 12.5. The molecule has 176 valence electrons. The van der Waals surface area contributed by atoms with E-state index in [0.717, 1.165) is 29.0 Å². The van der Waals surface area contributed by atoms with Crippen LogP contribution in [-0.2, 0) is 11.3 Å². The second-order valence-corrected chi connectivity index (χ2v) is 8.67. The molecule has 1 heterocycles. The van der Waals surface area contributed by atoms with Gasteiger partial charge in [0.1, 0.15) is 17.3 Å². The number of carbonyl (C=O) groups is 1. The molecule has 3 aromatic carbocycles. The Hall–Kier alpha value is -3.22. The first-order valence-corrected chi connectivity index (χ1v) is 11.8. The molecule has 0 saturated heterocycles. The van der Waals surface area contributed by atoms with Crippen LogP contribution in [0.5, 0.6) is 11.5 Å². The number of nitrogens with one attached hydrogen (secondary N) is 1. The number of fused-ring (bicyclic) bond motifs is 1. The zero-order valence-corrected chi connectivity index (χ0v) is 20.2. The van der Waals surface area contributed by atoms with Crippen LogP contribution in [-0.4, -0.2) is 28.7 Å². The Morgan fingerprint density at radius 2 is 1.56 bits per heavy atom. The number of carbonyl (C=O) groups excluding carboxylic acids is 1. The summed E-state index contributed by atoms with van der Waals surface area (Å²) < 4.78 is 13.5. The van der Waals surface area contributed by atoms with Crippen molar-refractivity contribution in [1.82, 2.24) is 14.9 Å². The van der Waals surface area contributed by atoms with Gasteiger partial charge in [-0.2, -0.15) is 0 Å². The Balaban J connectivity index is 1.38. The highest BCUT2D eigenvalue weighted by Crippen LogP contribution is 2.22. The van der Waals surface area contributed by atoms with Crippen molar-refractivity contribution in [3.8, 4) is 11.5 Å². The standard InChI is InChI=1S/C26H25Cl2N3O3/c1-18(29-25(32)17-34-22-13-9-20(28)10-14-22)26-30-23-5-2-3-6-24(23)31(26)15-4-16-33-21-11-7-19(27)8-12-21/h2-3,5-14,18H,4,15-17H2,1H3,(H,29,32). The first kappa shape index (κ1) is 23.9. The van der Waals surface area contributed by atoms with Gasteiger partial charge in [-0.25, -0.2) is 4.98 Å². The Morgan fingerprint density at radius 1 is 0.941 bits per heavy atom. The van der Waals surface area contributed by atoms with Crippen LogP contribution in [0.25, 0.3) is 11.0 Å². The summed E-state index contributed by atoms with van der Waals surface area (Å²) in [6, 6.07) is 21.8. The van der Waals surface area contributed by atoms with Gasteiger partial charge in [0, 0.05) is 16.6 Å². The molecule has 6 nitrogen and oxygen atoms in total. The fraction of sp³-hybridized carbons (Fsp3) is 0.231. The number of amides is 1. The highest BCUT2D eigenvalue weighted by molar-refractivity contribution is 6.30. The lowest BCUT2D eigenvalue weighted by molar-refractivity contribution is -0.123. The first-order valence-electron chi connectivity index (χ1n) is 11.0. The number of hydrogen-bond donors (Lipinski definition) is 1. The lowest BCUT2D eigenvalue weighted by atomic mass is 10.3. The predicted octanol–water partition coefficient (Wildman–Crippen LogP) is 6.07. The van der Waals surface area contributed by atoms with E-state index in [0.29, 0.717) is 28.9 Å². The summed E-state index contributed by atoms with van der Waals surface area (Å²) in [6.07, 6.45) is 0.774. The molecule has 0 aliphatic carbocycles. The third-order valence-corrected chi connectivity index (χ3v) is 5.74. The summed E-state index contributed by atoms with van der Waals surface area (Å²) in [5.41, 5.74) is 1.90. The van der Waals surface area contributed by atoms with E-state index in [1.54, 1.807) is 36.4 Å². The van der Waals surface area contributed by atoms with Crippen molar-refractivity contribution in [3.05, 3.63) is 88.7 Å². The smallest absolute Gasteiger partial charge is 0.258 e. The van der Waals surface area contributed by atoms with Gasteiger partial charge < -0.3 is 19.4 Å². The van der Waals surface area contributed by atoms with Gasteiger partial charge in [-0.05, 0) is 74.0 Å². The van der Waals surface area contributed by atoms with E-state index in [9.17, 15) is 4.79 Å². The Kier molecular flexibility index (Phi) is 7.93. The highest BCUT2D eigenvalue weighted by atomic mass is 35.5. The molecule has 1 atom stereocenters. The number of nitrogens with zero attached hydrogens (tertiary/aromatic N) is 2. The van der Waals surface area contributed by atoms with E-state index >= 15 is 0 Å². The van der Waals surface area contributed by atoms with Crippen LogP contribution in [0.15, 0.2) is 72.8 Å². The molecule has 1 N–H and O–H groups in total. The zero-order chi connectivity index (χ0) is 23.9. The van der Waals surface area contributed by atoms with E-state index in [1.807, 2.05) is 43.3 Å². The van der Waals surface area contributed by atoms with Gasteiger partial charge in [-0.15, -0.1) is 0 Å². The monoisotopic (exact) mass is 497 g/mol. The number of benzene rings is 3. The molecule has 1 amide bonds. The molecule has 4 aromatic rings. The van der Waals surface area contributed by atoms with E-state index in [1.165, 1.54) is 0 Å². The molecule has 0 saturated carbocycles. The van der Waals surface area contributed by atoms with Crippen molar-refractivity contribution in [1.29, 1.82) is 0 Å². The summed E-state index contributed by atoms with van der Waals surface area (Å²) in [7, 11) is 0. The SMILES string of the molecule is CC(NC(=O)COc1ccc(Cl)cc1)c1nc2ccccc2n1CCCOc1ccc(Cl)cc1. The van der Waals surface area contributed by atoms with Crippen molar-refractivity contribution in [3.63, 3.8) is 0 Å². The minimum atomic E-state index is -0.300. The van der Waals surface area contributed by atoms with Crippen molar-refractivity contribution in [2.24, 2.45) is 0 Å². The van der Waals surface area contributed by atoms with Crippen LogP contribution in [0.4, 0.5) is 0 Å². The summed E-state index contributed by atoms with van der Waals surface area (Å²) in [5.74, 6) is 1.92. The van der Waals surface area contributed by atoms with E-state index in [4.69, 9.17) is 37.7 Å². The summed E-state index contributed by atoms with van der Waals surface area (Å²) in [4.78, 5) is 17.3. The largest absolute Gasteiger partial charge is 0.494 e. The van der Waals surface area contributed by atoms with Crippen molar-refractivity contribution >= 4 is 40.1 Å². The first-order chi connectivity index (χ1) is 16.5. The number of aryl methyl sites for hydroxylation is 1. The average molecular weight is 498 g/mol. The predicted molar refractivity (Wildman–Crippen MR) is 135 cm³/mol. The van der Waals surface area contributed by atoms with E-state index in [2.05, 4.69) is 9.88 Å². The lowest BCUT2D eigenvalue weighted by Gasteiger charge is -2.17. The molecule has 0 bridgehead atoms. The summed E-state index contributed by atoms with van der Waals surface area (Å²) >= 11 is 11.8. The molecule has 8 heteroatoms. The second kappa shape index (κ2) is 11.3. The van der Waals surface area contributed by atoms with Crippen LogP contribution in [0, 0.1) is 0 Å². The number of ether oxygens (including phenoxy) is 2. The normalized spacial score (nSPS) is 11.9. The molecule has 0 aliphatic heterocycles. The molecule has 1 unspecified atom stereocenters. The molecule has 0 fully saturated rings. The van der Waals surface area contributed by atoms with Gasteiger partial charge >= 0.3 is 0 Å². The Morgan fingerprint density at radius 3 is 2.24 bits per heavy atom. The molecular weight excluding hydrogens is 473 g/mol. The number of para-hydroxylation sites is 2. The topological polar surface area (TPSA) is 65.4 Å². The van der Waals surface area contributed by atoms with Gasteiger partial charge in [0.2, 0.25) is 0 Å². The van der Waals surface area contributed by atoms with E-state index in [-0.39, 0.29) is 18.6 Å². The van der Waals surface area contributed by atoms with Gasteiger partial charge in [0.05, 0.1) is 23.7 Å². The molecule has 0 radical (unpaired) electrons. The third-order valence-electron chi connectivity index (χ3n) is 5.24. The number of rotatable bonds is 10. The maximum absolute atomic E-state index is 12.5. The van der Waals surface area contributed by atoms with Crippen LogP contribution in [0.2, 0.25) is 10.0 Å². The van der Waals surface area contributed by atoms with Crippen molar-refractivity contribution in [2.75, 3.05) is 13.2 Å². The van der Waals surface area contributed by atoms with Crippen LogP contribution >= 0.6 is 23.2 Å². The van der Waals surface area contributed by atoms with Crippen LogP contribution in [0.1, 0.15) is 25.2 Å². The lowest BCUT2D eigenvalue weighted by Crippen LogP contribution is -2.32. The minimum absolute atomic E-state index is 0.0961. The van der Waals surface area contributed by atoms with Gasteiger partial charge in [-0.1, -0.05) is 35.3 Å². The van der Waals surface area contributed by atoms with Crippen LogP contribution < -0.4 is 14.8 Å². The van der Waals surface area contributed by atoms with Gasteiger partial charge in [0.25, 0.3) is 5.91 Å². The van der Waals surface area contributed by atoms with Gasteiger partial charge in [-0.3, -0.25) is 4.79 Å². The molecule has 0 aliphatic rings. The fourth-order valence-corrected chi connectivity index (χ4v) is 3.88. The fourth-order valence-electron chi connectivity index (χ4n) is 3.63. The Labute approximate surface area is 208 Å². The number of imidazole rings is 1. The molecule has 1 aromatic heterocycles. The quantitative estimate of drug-likeness (QED) is 0.270. The maximum Gasteiger partial charge on any atom is 0.258 e. The third kappa shape index (κ3) is 6.22. The molecule has 34 heavy (non-hydrogen) atoms. The van der Waals surface area contributed by atoms with Crippen LogP contribution in [0.3, 0.4) is 0 Å². The average Bonchev–Trinajstić information content (AvgIpc) is 3.21. The van der Waals surface area contributed by atoms with E-state index < -0.39 is 0 Å². The summed E-state index contributed by atoms with van der Waals surface area (Å²) in [5, 5.41) is 4.27. The van der Waals surface area contributed by atoms with Crippen molar-refractivity contribution in [2.45, 2.75) is 25.9 Å². The molecule has 4 rings (SSSR count). The number of hydrogen-bond acceptors (Lipinski definition) is 4. The van der Waals surface area contributed by atoms with Gasteiger partial charge in [0.15, 0.2) is 6.61 Å². The Bertz CT molecular complexity index is 1240. The number of halogens is 2. The zero-order valence-electron chi connectivity index (χ0n) is 18.7. The molecule has 0 spiro atoms. The number of aromatic nitrogens is 2.